The molecule has 1 aliphatic heterocycles. The van der Waals surface area contributed by atoms with Crippen molar-refractivity contribution in [2.45, 2.75) is 33.2 Å². The van der Waals surface area contributed by atoms with Gasteiger partial charge in [-0.25, -0.2) is 0 Å². The molecule has 0 amide bonds. The van der Waals surface area contributed by atoms with E-state index >= 15 is 0 Å². The summed E-state index contributed by atoms with van der Waals surface area (Å²) in [5.74, 6) is 0.814. The molecule has 0 bridgehead atoms. The molecule has 1 unspecified atom stereocenters. The minimum atomic E-state index is 0.814. The first-order valence-corrected chi connectivity index (χ1v) is 6.73. The molecule has 1 aromatic rings. The molecule has 0 saturated carbocycles. The van der Waals surface area contributed by atoms with Crippen molar-refractivity contribution in [1.82, 2.24) is 10.6 Å². The Morgan fingerprint density at radius 2 is 2.24 bits per heavy atom. The third-order valence-electron chi connectivity index (χ3n) is 3.65. The average molecular weight is 232 g/mol. The van der Waals surface area contributed by atoms with Gasteiger partial charge >= 0.3 is 0 Å². The van der Waals surface area contributed by atoms with E-state index in [9.17, 15) is 0 Å². The molecule has 1 saturated heterocycles. The van der Waals surface area contributed by atoms with Gasteiger partial charge in [-0.2, -0.15) is 0 Å². The molecule has 0 spiro atoms. The Bertz CT molecular complexity index is 354. The van der Waals surface area contributed by atoms with Crippen LogP contribution in [0.4, 0.5) is 0 Å². The quantitative estimate of drug-likeness (QED) is 0.833. The highest BCUT2D eigenvalue weighted by Gasteiger charge is 2.12. The van der Waals surface area contributed by atoms with Crippen LogP contribution in [0, 0.1) is 19.8 Å². The van der Waals surface area contributed by atoms with E-state index in [1.54, 1.807) is 0 Å². The molecule has 1 fully saturated rings. The number of rotatable bonds is 4. The number of piperidine rings is 1. The third-order valence-corrected chi connectivity index (χ3v) is 3.65. The highest BCUT2D eigenvalue weighted by molar-refractivity contribution is 5.30. The lowest BCUT2D eigenvalue weighted by Gasteiger charge is -2.23. The summed E-state index contributed by atoms with van der Waals surface area (Å²) in [4.78, 5) is 0. The standard InChI is InChI=1S/C15H24N2/c1-12-5-6-13(2)15(8-12)11-17-10-14-4-3-7-16-9-14/h5-6,8,14,16-17H,3-4,7,9-11H2,1-2H3. The Labute approximate surface area is 105 Å². The van der Waals surface area contributed by atoms with Crippen LogP contribution < -0.4 is 10.6 Å². The summed E-state index contributed by atoms with van der Waals surface area (Å²) in [5.41, 5.74) is 4.19. The molecule has 1 aromatic carbocycles. The zero-order valence-corrected chi connectivity index (χ0v) is 11.1. The second-order valence-electron chi connectivity index (χ2n) is 5.27. The molecule has 1 atom stereocenters. The smallest absolute Gasteiger partial charge is 0.0208 e. The molecular formula is C15H24N2. The number of aryl methyl sites for hydroxylation is 2. The molecule has 0 aromatic heterocycles. The van der Waals surface area contributed by atoms with Gasteiger partial charge in [-0.1, -0.05) is 23.8 Å². The van der Waals surface area contributed by atoms with Gasteiger partial charge in [-0.3, -0.25) is 0 Å². The highest BCUT2D eigenvalue weighted by Crippen LogP contribution is 2.12. The summed E-state index contributed by atoms with van der Waals surface area (Å²) in [6.45, 7) is 8.88. The van der Waals surface area contributed by atoms with Crippen molar-refractivity contribution in [2.24, 2.45) is 5.92 Å². The molecule has 2 rings (SSSR count). The molecule has 2 nitrogen and oxygen atoms in total. The zero-order chi connectivity index (χ0) is 12.1. The van der Waals surface area contributed by atoms with Gasteiger partial charge in [0.2, 0.25) is 0 Å². The normalized spacial score (nSPS) is 20.5. The second-order valence-corrected chi connectivity index (χ2v) is 5.27. The van der Waals surface area contributed by atoms with E-state index in [1.165, 1.54) is 42.6 Å². The van der Waals surface area contributed by atoms with Crippen molar-refractivity contribution >= 4 is 0 Å². The van der Waals surface area contributed by atoms with Crippen LogP contribution in [0.15, 0.2) is 18.2 Å². The third kappa shape index (κ3) is 3.83. The van der Waals surface area contributed by atoms with E-state index in [2.05, 4.69) is 42.7 Å². The summed E-state index contributed by atoms with van der Waals surface area (Å²) in [7, 11) is 0. The van der Waals surface area contributed by atoms with Crippen molar-refractivity contribution in [3.63, 3.8) is 0 Å². The van der Waals surface area contributed by atoms with Crippen LogP contribution in [0.25, 0.3) is 0 Å². The van der Waals surface area contributed by atoms with Gasteiger partial charge in [0.05, 0.1) is 0 Å². The Kier molecular flexibility index (Phi) is 4.57. The topological polar surface area (TPSA) is 24.1 Å². The van der Waals surface area contributed by atoms with E-state index in [-0.39, 0.29) is 0 Å². The molecule has 0 radical (unpaired) electrons. The number of hydrogen-bond acceptors (Lipinski definition) is 2. The maximum atomic E-state index is 3.60. The lowest BCUT2D eigenvalue weighted by molar-refractivity contribution is 0.360. The first kappa shape index (κ1) is 12.6. The van der Waals surface area contributed by atoms with Crippen LogP contribution >= 0.6 is 0 Å². The first-order chi connectivity index (χ1) is 8.25. The molecule has 17 heavy (non-hydrogen) atoms. The van der Waals surface area contributed by atoms with Gasteiger partial charge in [0.1, 0.15) is 0 Å². The number of nitrogens with one attached hydrogen (secondary N) is 2. The Morgan fingerprint density at radius 1 is 1.35 bits per heavy atom. The number of benzene rings is 1. The largest absolute Gasteiger partial charge is 0.316 e. The second kappa shape index (κ2) is 6.18. The first-order valence-electron chi connectivity index (χ1n) is 6.73. The SMILES string of the molecule is Cc1ccc(C)c(CNCC2CCCNC2)c1. The Morgan fingerprint density at radius 3 is 3.00 bits per heavy atom. The van der Waals surface area contributed by atoms with Crippen molar-refractivity contribution in [3.8, 4) is 0 Å². The molecular weight excluding hydrogens is 208 g/mol. The van der Waals surface area contributed by atoms with Gasteiger partial charge in [-0.05, 0) is 63.4 Å². The lowest BCUT2D eigenvalue weighted by atomic mass is 9.99. The summed E-state index contributed by atoms with van der Waals surface area (Å²) >= 11 is 0. The van der Waals surface area contributed by atoms with Crippen LogP contribution in [0.3, 0.4) is 0 Å². The van der Waals surface area contributed by atoms with Crippen molar-refractivity contribution in [3.05, 3.63) is 34.9 Å². The maximum Gasteiger partial charge on any atom is 0.0208 e. The summed E-state index contributed by atoms with van der Waals surface area (Å²) < 4.78 is 0. The zero-order valence-electron chi connectivity index (χ0n) is 11.1. The van der Waals surface area contributed by atoms with Crippen LogP contribution in [-0.4, -0.2) is 19.6 Å². The van der Waals surface area contributed by atoms with E-state index in [0.29, 0.717) is 0 Å². The van der Waals surface area contributed by atoms with Crippen molar-refractivity contribution < 1.29 is 0 Å². The highest BCUT2D eigenvalue weighted by atomic mass is 14.9. The van der Waals surface area contributed by atoms with Gasteiger partial charge in [0.15, 0.2) is 0 Å². The summed E-state index contributed by atoms with van der Waals surface area (Å²) in [6, 6.07) is 6.69. The summed E-state index contributed by atoms with van der Waals surface area (Å²) in [5, 5.41) is 7.06. The molecule has 94 valence electrons. The Balaban J connectivity index is 1.79. The van der Waals surface area contributed by atoms with Crippen LogP contribution in [0.5, 0.6) is 0 Å². The fourth-order valence-electron chi connectivity index (χ4n) is 2.50. The molecule has 2 heteroatoms. The lowest BCUT2D eigenvalue weighted by Crippen LogP contribution is -2.35. The van der Waals surface area contributed by atoms with Crippen LogP contribution in [0.2, 0.25) is 0 Å². The van der Waals surface area contributed by atoms with Gasteiger partial charge in [-0.15, -0.1) is 0 Å². The Hall–Kier alpha value is -0.860. The van der Waals surface area contributed by atoms with Crippen molar-refractivity contribution in [1.29, 1.82) is 0 Å². The minimum Gasteiger partial charge on any atom is -0.316 e. The fraction of sp³-hybridized carbons (Fsp3) is 0.600. The fourth-order valence-corrected chi connectivity index (χ4v) is 2.50. The van der Waals surface area contributed by atoms with E-state index in [0.717, 1.165) is 19.0 Å². The molecule has 0 aliphatic carbocycles. The maximum absolute atomic E-state index is 3.60. The predicted molar refractivity (Wildman–Crippen MR) is 73.2 cm³/mol. The average Bonchev–Trinajstić information content (AvgIpc) is 2.35. The van der Waals surface area contributed by atoms with Crippen molar-refractivity contribution in [2.75, 3.05) is 19.6 Å². The van der Waals surface area contributed by atoms with Crippen LogP contribution in [0.1, 0.15) is 29.5 Å². The number of hydrogen-bond donors (Lipinski definition) is 2. The predicted octanol–water partition coefficient (Wildman–Crippen LogP) is 2.39. The van der Waals surface area contributed by atoms with Gasteiger partial charge < -0.3 is 10.6 Å². The molecule has 2 N–H and O–H groups in total. The van der Waals surface area contributed by atoms with Gasteiger partial charge in [0, 0.05) is 6.54 Å². The molecule has 1 aliphatic rings. The van der Waals surface area contributed by atoms with E-state index in [4.69, 9.17) is 0 Å². The minimum absolute atomic E-state index is 0.814. The van der Waals surface area contributed by atoms with Crippen LogP contribution in [-0.2, 0) is 6.54 Å². The van der Waals surface area contributed by atoms with Gasteiger partial charge in [0.25, 0.3) is 0 Å². The molecule has 1 heterocycles. The summed E-state index contributed by atoms with van der Waals surface area (Å²) in [6.07, 6.45) is 2.70. The van der Waals surface area contributed by atoms with E-state index in [1.807, 2.05) is 0 Å². The van der Waals surface area contributed by atoms with E-state index < -0.39 is 0 Å². The monoisotopic (exact) mass is 232 g/mol.